The summed E-state index contributed by atoms with van der Waals surface area (Å²) in [7, 11) is 0. The van der Waals surface area contributed by atoms with Crippen LogP contribution in [-0.4, -0.2) is 17.9 Å². The van der Waals surface area contributed by atoms with Crippen LogP contribution in [0.1, 0.15) is 34.8 Å². The highest BCUT2D eigenvalue weighted by Crippen LogP contribution is 2.32. The molecule has 0 aliphatic heterocycles. The van der Waals surface area contributed by atoms with Gasteiger partial charge < -0.3 is 19.8 Å². The molecule has 0 saturated carbocycles. The van der Waals surface area contributed by atoms with Crippen LogP contribution in [0.2, 0.25) is 0 Å². The van der Waals surface area contributed by atoms with E-state index in [1.807, 2.05) is 13.8 Å². The van der Waals surface area contributed by atoms with Crippen molar-refractivity contribution >= 4 is 34.2 Å². The molecule has 32 heavy (non-hydrogen) atoms. The highest BCUT2D eigenvalue weighted by molar-refractivity contribution is 6.16. The standard InChI is InChI=1S/C25H21FN2O4/c1-15(2)31-17-13-11-16(12-14-17)24(29)28-22-18-7-3-6-10-21(18)32-23(22)25(30)27-20-9-5-4-8-19(20)26/h3-15H,1-2H3,(H,27,30)(H,28,29). The van der Waals surface area contributed by atoms with Gasteiger partial charge in [-0.25, -0.2) is 4.39 Å². The summed E-state index contributed by atoms with van der Waals surface area (Å²) in [6.07, 6.45) is 0.0162. The lowest BCUT2D eigenvalue weighted by molar-refractivity contribution is 0.0999. The van der Waals surface area contributed by atoms with E-state index in [4.69, 9.17) is 9.15 Å². The predicted octanol–water partition coefficient (Wildman–Crippen LogP) is 5.86. The van der Waals surface area contributed by atoms with E-state index >= 15 is 0 Å². The SMILES string of the molecule is CC(C)Oc1ccc(C(=O)Nc2c(C(=O)Nc3ccccc3F)oc3ccccc23)cc1. The van der Waals surface area contributed by atoms with Crippen molar-refractivity contribution in [2.24, 2.45) is 0 Å². The predicted molar refractivity (Wildman–Crippen MR) is 121 cm³/mol. The number of rotatable bonds is 6. The molecule has 3 aromatic carbocycles. The molecule has 1 heterocycles. The first-order chi connectivity index (χ1) is 15.4. The molecule has 0 radical (unpaired) electrons. The Bertz CT molecular complexity index is 1280. The van der Waals surface area contributed by atoms with Gasteiger partial charge in [0.2, 0.25) is 5.76 Å². The second-order valence-corrected chi connectivity index (χ2v) is 7.38. The van der Waals surface area contributed by atoms with Gasteiger partial charge in [0.1, 0.15) is 22.8 Å². The summed E-state index contributed by atoms with van der Waals surface area (Å²) in [6.45, 7) is 3.83. The van der Waals surface area contributed by atoms with Gasteiger partial charge >= 0.3 is 0 Å². The van der Waals surface area contributed by atoms with Crippen molar-refractivity contribution in [1.29, 1.82) is 0 Å². The van der Waals surface area contributed by atoms with Crippen molar-refractivity contribution in [1.82, 2.24) is 0 Å². The molecule has 4 aromatic rings. The molecule has 0 unspecified atom stereocenters. The van der Waals surface area contributed by atoms with Gasteiger partial charge in [0, 0.05) is 10.9 Å². The zero-order valence-corrected chi connectivity index (χ0v) is 17.5. The average Bonchev–Trinajstić information content (AvgIpc) is 3.14. The molecule has 1 aromatic heterocycles. The van der Waals surface area contributed by atoms with Crippen LogP contribution in [0.25, 0.3) is 11.0 Å². The van der Waals surface area contributed by atoms with E-state index in [1.54, 1.807) is 54.6 Å². The van der Waals surface area contributed by atoms with Crippen LogP contribution >= 0.6 is 0 Å². The molecule has 0 aliphatic carbocycles. The van der Waals surface area contributed by atoms with Gasteiger partial charge in [0.05, 0.1) is 11.8 Å². The van der Waals surface area contributed by atoms with Crippen LogP contribution in [-0.2, 0) is 0 Å². The zero-order chi connectivity index (χ0) is 22.7. The normalized spacial score (nSPS) is 10.9. The smallest absolute Gasteiger partial charge is 0.293 e. The number of fused-ring (bicyclic) bond motifs is 1. The minimum atomic E-state index is -0.678. The second kappa shape index (κ2) is 8.93. The van der Waals surface area contributed by atoms with E-state index in [2.05, 4.69) is 10.6 Å². The van der Waals surface area contributed by atoms with Crippen molar-refractivity contribution in [3.05, 3.63) is 89.9 Å². The molecule has 0 bridgehead atoms. The minimum absolute atomic E-state index is 0.0102. The lowest BCUT2D eigenvalue weighted by Gasteiger charge is -2.10. The Morgan fingerprint density at radius 3 is 2.28 bits per heavy atom. The van der Waals surface area contributed by atoms with E-state index in [0.29, 0.717) is 22.3 Å². The fourth-order valence-corrected chi connectivity index (χ4v) is 3.21. The Balaban J connectivity index is 1.63. The van der Waals surface area contributed by atoms with Crippen molar-refractivity contribution in [3.63, 3.8) is 0 Å². The second-order valence-electron chi connectivity index (χ2n) is 7.38. The number of carbonyl (C=O) groups excluding carboxylic acids is 2. The molecule has 0 aliphatic rings. The third kappa shape index (κ3) is 4.46. The lowest BCUT2D eigenvalue weighted by Crippen LogP contribution is -2.17. The van der Waals surface area contributed by atoms with Gasteiger partial charge in [0.25, 0.3) is 11.8 Å². The Kier molecular flexibility index (Phi) is 5.89. The number of halogens is 1. The zero-order valence-electron chi connectivity index (χ0n) is 17.5. The van der Waals surface area contributed by atoms with Crippen molar-refractivity contribution in [2.45, 2.75) is 20.0 Å². The number of hydrogen-bond donors (Lipinski definition) is 2. The summed E-state index contributed by atoms with van der Waals surface area (Å²) >= 11 is 0. The van der Waals surface area contributed by atoms with E-state index < -0.39 is 17.6 Å². The number of amides is 2. The fourth-order valence-electron chi connectivity index (χ4n) is 3.21. The fraction of sp³-hybridized carbons (Fsp3) is 0.120. The van der Waals surface area contributed by atoms with Gasteiger partial charge in [0.15, 0.2) is 0 Å². The summed E-state index contributed by atoms with van der Waals surface area (Å²) in [5.41, 5.74) is 1.02. The molecule has 7 heteroatoms. The van der Waals surface area contributed by atoms with E-state index in [0.717, 1.165) is 0 Å². The maximum atomic E-state index is 14.0. The molecule has 0 fully saturated rings. The maximum absolute atomic E-state index is 14.0. The third-order valence-electron chi connectivity index (χ3n) is 4.65. The molecular weight excluding hydrogens is 411 g/mol. The van der Waals surface area contributed by atoms with Gasteiger partial charge in [-0.2, -0.15) is 0 Å². The van der Waals surface area contributed by atoms with E-state index in [1.165, 1.54) is 18.2 Å². The van der Waals surface area contributed by atoms with Gasteiger partial charge in [-0.1, -0.05) is 24.3 Å². The quantitative estimate of drug-likeness (QED) is 0.400. The Morgan fingerprint density at radius 1 is 0.875 bits per heavy atom. The summed E-state index contributed by atoms with van der Waals surface area (Å²) in [5, 5.41) is 5.81. The summed E-state index contributed by atoms with van der Waals surface area (Å²) in [5.74, 6) is -1.15. The summed E-state index contributed by atoms with van der Waals surface area (Å²) < 4.78 is 25.3. The first-order valence-corrected chi connectivity index (χ1v) is 10.1. The highest BCUT2D eigenvalue weighted by atomic mass is 19.1. The number of benzene rings is 3. The average molecular weight is 432 g/mol. The van der Waals surface area contributed by atoms with Crippen molar-refractivity contribution in [2.75, 3.05) is 10.6 Å². The first kappa shape index (κ1) is 21.1. The highest BCUT2D eigenvalue weighted by Gasteiger charge is 2.23. The van der Waals surface area contributed by atoms with Gasteiger partial charge in [-0.05, 0) is 62.4 Å². The van der Waals surface area contributed by atoms with Crippen LogP contribution in [0.15, 0.2) is 77.2 Å². The van der Waals surface area contributed by atoms with Crippen molar-refractivity contribution < 1.29 is 23.1 Å². The molecule has 162 valence electrons. The number of nitrogens with one attached hydrogen (secondary N) is 2. The van der Waals surface area contributed by atoms with Crippen LogP contribution < -0.4 is 15.4 Å². The monoisotopic (exact) mass is 432 g/mol. The Labute approximate surface area is 184 Å². The van der Waals surface area contributed by atoms with Gasteiger partial charge in [-0.15, -0.1) is 0 Å². The van der Waals surface area contributed by atoms with Crippen LogP contribution in [0, 0.1) is 5.82 Å². The van der Waals surface area contributed by atoms with Crippen LogP contribution in [0.4, 0.5) is 15.8 Å². The third-order valence-corrected chi connectivity index (χ3v) is 4.65. The molecule has 6 nitrogen and oxygen atoms in total. The summed E-state index contributed by atoms with van der Waals surface area (Å²) in [6, 6.07) is 19.4. The first-order valence-electron chi connectivity index (χ1n) is 10.1. The molecule has 0 atom stereocenters. The number of hydrogen-bond acceptors (Lipinski definition) is 4. The molecule has 0 saturated heterocycles. The number of carbonyl (C=O) groups is 2. The summed E-state index contributed by atoms with van der Waals surface area (Å²) in [4.78, 5) is 25.8. The molecule has 4 rings (SSSR count). The Hall–Kier alpha value is -4.13. The maximum Gasteiger partial charge on any atom is 0.293 e. The largest absolute Gasteiger partial charge is 0.491 e. The van der Waals surface area contributed by atoms with Crippen LogP contribution in [0.5, 0.6) is 5.75 Å². The van der Waals surface area contributed by atoms with E-state index in [-0.39, 0.29) is 23.2 Å². The molecule has 0 spiro atoms. The van der Waals surface area contributed by atoms with Crippen LogP contribution in [0.3, 0.4) is 0 Å². The molecule has 2 amide bonds. The lowest BCUT2D eigenvalue weighted by atomic mass is 10.1. The Morgan fingerprint density at radius 2 is 1.56 bits per heavy atom. The molecular formula is C25H21FN2O4. The topological polar surface area (TPSA) is 80.6 Å². The number of ether oxygens (including phenoxy) is 1. The minimum Gasteiger partial charge on any atom is -0.491 e. The number of anilines is 2. The molecule has 2 N–H and O–H groups in total. The number of para-hydroxylation sites is 2. The van der Waals surface area contributed by atoms with E-state index in [9.17, 15) is 14.0 Å². The van der Waals surface area contributed by atoms with Crippen molar-refractivity contribution in [3.8, 4) is 5.75 Å². The van der Waals surface area contributed by atoms with Gasteiger partial charge in [-0.3, -0.25) is 9.59 Å². The number of furan rings is 1.